The van der Waals surface area contributed by atoms with Crippen LogP contribution in [0.1, 0.15) is 25.3 Å². The van der Waals surface area contributed by atoms with Crippen LogP contribution in [0.2, 0.25) is 5.15 Å². The van der Waals surface area contributed by atoms with Crippen molar-refractivity contribution in [2.75, 3.05) is 30.8 Å². The number of hydrogen-bond donors (Lipinski definition) is 1. The lowest BCUT2D eigenvalue weighted by atomic mass is 9.94. The number of fused-ring (bicyclic) bond motifs is 1. The molecule has 0 radical (unpaired) electrons. The van der Waals surface area contributed by atoms with Crippen LogP contribution < -0.4 is 9.62 Å². The third-order valence-electron chi connectivity index (χ3n) is 4.56. The zero-order chi connectivity index (χ0) is 17.5. The van der Waals surface area contributed by atoms with E-state index in [-0.39, 0.29) is 11.7 Å². The lowest BCUT2D eigenvalue weighted by molar-refractivity contribution is 0.443. The Balaban J connectivity index is 1.89. The fourth-order valence-corrected chi connectivity index (χ4v) is 4.42. The van der Waals surface area contributed by atoms with E-state index in [1.807, 2.05) is 12.3 Å². The van der Waals surface area contributed by atoms with Crippen molar-refractivity contribution in [3.8, 4) is 0 Å². The molecule has 130 valence electrons. The number of nitrogens with zero attached hydrogens (tertiary/aromatic N) is 2. The zero-order valence-corrected chi connectivity index (χ0v) is 15.7. The summed E-state index contributed by atoms with van der Waals surface area (Å²) < 4.78 is 25.7. The molecule has 7 heteroatoms. The number of hydrogen-bond acceptors (Lipinski definition) is 4. The number of sulfonamides is 1. The van der Waals surface area contributed by atoms with Crippen molar-refractivity contribution in [2.45, 2.75) is 19.8 Å². The molecule has 1 aliphatic rings. The molecule has 3 rings (SSSR count). The first kappa shape index (κ1) is 17.5. The van der Waals surface area contributed by atoms with Gasteiger partial charge in [0.05, 0.1) is 5.75 Å². The van der Waals surface area contributed by atoms with Crippen molar-refractivity contribution in [2.24, 2.45) is 5.92 Å². The minimum absolute atomic E-state index is 0.155. The molecule has 1 fully saturated rings. The van der Waals surface area contributed by atoms with Crippen molar-refractivity contribution in [3.63, 3.8) is 0 Å². The predicted octanol–water partition coefficient (Wildman–Crippen LogP) is 3.00. The number of anilines is 1. The monoisotopic (exact) mass is 367 g/mol. The normalized spacial score (nSPS) is 16.0. The molecule has 0 bridgehead atoms. The second kappa shape index (κ2) is 6.50. The van der Waals surface area contributed by atoms with Gasteiger partial charge in [0.15, 0.2) is 0 Å². The van der Waals surface area contributed by atoms with E-state index in [1.165, 1.54) is 12.6 Å². The second-order valence-corrected chi connectivity index (χ2v) is 9.00. The van der Waals surface area contributed by atoms with Gasteiger partial charge in [0.2, 0.25) is 10.0 Å². The Morgan fingerprint density at radius 3 is 2.67 bits per heavy atom. The molecule has 1 aliphatic heterocycles. The number of pyridine rings is 1. The van der Waals surface area contributed by atoms with Gasteiger partial charge in [-0.05, 0) is 36.0 Å². The van der Waals surface area contributed by atoms with Gasteiger partial charge in [-0.15, -0.1) is 0 Å². The topological polar surface area (TPSA) is 62.3 Å². The molecule has 1 aromatic carbocycles. The summed E-state index contributed by atoms with van der Waals surface area (Å²) >= 11 is 6.09. The Bertz CT molecular complexity index is 862. The van der Waals surface area contributed by atoms with E-state index < -0.39 is 10.0 Å². The maximum Gasteiger partial charge on any atom is 0.211 e. The Labute approximate surface area is 148 Å². The van der Waals surface area contributed by atoms with E-state index in [9.17, 15) is 8.42 Å². The Morgan fingerprint density at radius 1 is 1.33 bits per heavy atom. The number of aromatic nitrogens is 1. The summed E-state index contributed by atoms with van der Waals surface area (Å²) in [5, 5.41) is 2.68. The van der Waals surface area contributed by atoms with Gasteiger partial charge in [0.25, 0.3) is 0 Å². The highest BCUT2D eigenvalue weighted by Crippen LogP contribution is 2.36. The van der Waals surface area contributed by atoms with Gasteiger partial charge in [-0.2, -0.15) is 0 Å². The number of rotatable bonds is 5. The van der Waals surface area contributed by atoms with E-state index >= 15 is 0 Å². The van der Waals surface area contributed by atoms with E-state index in [2.05, 4.69) is 40.6 Å². The summed E-state index contributed by atoms with van der Waals surface area (Å²) in [6, 6.07) is 6.16. The first-order valence-corrected chi connectivity index (χ1v) is 10.1. The highest BCUT2D eigenvalue weighted by atomic mass is 35.5. The summed E-state index contributed by atoms with van der Waals surface area (Å²) in [5.74, 6) is 0.721. The number of nitrogens with one attached hydrogen (secondary N) is 1. The van der Waals surface area contributed by atoms with E-state index in [1.54, 1.807) is 0 Å². The third kappa shape index (κ3) is 3.36. The Kier molecular flexibility index (Phi) is 4.73. The lowest BCUT2D eigenvalue weighted by Crippen LogP contribution is -2.50. The average Bonchev–Trinajstić information content (AvgIpc) is 2.49. The SMILES string of the molecule is CNS(=O)(=O)CC1CN(c2ccc(C(C)C)c3cc(Cl)ncc23)C1. The lowest BCUT2D eigenvalue weighted by Gasteiger charge is -2.41. The summed E-state index contributed by atoms with van der Waals surface area (Å²) in [6.07, 6.45) is 1.82. The van der Waals surface area contributed by atoms with Crippen LogP contribution in [0.25, 0.3) is 10.8 Å². The first-order valence-electron chi connectivity index (χ1n) is 8.05. The van der Waals surface area contributed by atoms with Gasteiger partial charge in [-0.3, -0.25) is 0 Å². The fraction of sp³-hybridized carbons (Fsp3) is 0.471. The molecule has 2 heterocycles. The quantitative estimate of drug-likeness (QED) is 0.825. The third-order valence-corrected chi connectivity index (χ3v) is 6.30. The van der Waals surface area contributed by atoms with Crippen LogP contribution in [0, 0.1) is 5.92 Å². The predicted molar refractivity (Wildman–Crippen MR) is 99.4 cm³/mol. The molecular formula is C17H22ClN3O2S. The maximum atomic E-state index is 11.7. The number of halogens is 1. The van der Waals surface area contributed by atoms with E-state index in [0.717, 1.165) is 29.5 Å². The van der Waals surface area contributed by atoms with Crippen LogP contribution in [-0.4, -0.2) is 39.3 Å². The van der Waals surface area contributed by atoms with Crippen LogP contribution in [0.5, 0.6) is 0 Å². The number of benzene rings is 1. The molecule has 0 unspecified atom stereocenters. The molecule has 0 saturated carbocycles. The van der Waals surface area contributed by atoms with Gasteiger partial charge in [-0.1, -0.05) is 31.5 Å². The highest BCUT2D eigenvalue weighted by molar-refractivity contribution is 7.89. The fourth-order valence-electron chi connectivity index (χ4n) is 3.27. The molecule has 1 aromatic heterocycles. The van der Waals surface area contributed by atoms with E-state index in [4.69, 9.17) is 11.6 Å². The first-order chi connectivity index (χ1) is 11.3. The smallest absolute Gasteiger partial charge is 0.211 e. The Hall–Kier alpha value is -1.37. The summed E-state index contributed by atoms with van der Waals surface area (Å²) in [7, 11) is -1.70. The molecule has 0 aliphatic carbocycles. The Morgan fingerprint density at radius 2 is 2.04 bits per heavy atom. The summed E-state index contributed by atoms with van der Waals surface area (Å²) in [6.45, 7) is 5.79. The summed E-state index contributed by atoms with van der Waals surface area (Å²) in [4.78, 5) is 6.44. The van der Waals surface area contributed by atoms with Crippen LogP contribution in [0.4, 0.5) is 5.69 Å². The minimum atomic E-state index is -3.16. The average molecular weight is 368 g/mol. The molecule has 0 spiro atoms. The molecule has 5 nitrogen and oxygen atoms in total. The van der Waals surface area contributed by atoms with Gasteiger partial charge in [-0.25, -0.2) is 18.1 Å². The molecule has 1 saturated heterocycles. The zero-order valence-electron chi connectivity index (χ0n) is 14.1. The molecule has 0 amide bonds. The summed E-state index contributed by atoms with van der Waals surface area (Å²) in [5.41, 5.74) is 2.34. The molecule has 24 heavy (non-hydrogen) atoms. The van der Waals surface area contributed by atoms with Crippen LogP contribution >= 0.6 is 11.6 Å². The largest absolute Gasteiger partial charge is 0.370 e. The molecule has 1 N–H and O–H groups in total. The van der Waals surface area contributed by atoms with Crippen molar-refractivity contribution in [1.82, 2.24) is 9.71 Å². The van der Waals surface area contributed by atoms with Crippen molar-refractivity contribution >= 4 is 38.1 Å². The molecular weight excluding hydrogens is 346 g/mol. The standard InChI is InChI=1S/C17H22ClN3O2S/c1-11(2)13-4-5-16(15-7-20-17(18)6-14(13)15)21-8-12(9-21)10-24(22,23)19-3/h4-7,11-12,19H,8-10H2,1-3H3. The van der Waals surface area contributed by atoms with E-state index in [0.29, 0.717) is 11.1 Å². The highest BCUT2D eigenvalue weighted by Gasteiger charge is 2.31. The molecule has 0 atom stereocenters. The van der Waals surface area contributed by atoms with Crippen molar-refractivity contribution < 1.29 is 8.42 Å². The van der Waals surface area contributed by atoms with Crippen LogP contribution in [0.15, 0.2) is 24.4 Å². The maximum absolute atomic E-state index is 11.7. The molecule has 2 aromatic rings. The van der Waals surface area contributed by atoms with Gasteiger partial charge in [0, 0.05) is 36.3 Å². The van der Waals surface area contributed by atoms with Crippen LogP contribution in [0.3, 0.4) is 0 Å². The van der Waals surface area contributed by atoms with Gasteiger partial charge < -0.3 is 4.90 Å². The second-order valence-electron chi connectivity index (χ2n) is 6.64. The van der Waals surface area contributed by atoms with Crippen molar-refractivity contribution in [1.29, 1.82) is 0 Å². The van der Waals surface area contributed by atoms with Gasteiger partial charge in [0.1, 0.15) is 5.15 Å². The minimum Gasteiger partial charge on any atom is -0.370 e. The van der Waals surface area contributed by atoms with Gasteiger partial charge >= 0.3 is 0 Å². The van der Waals surface area contributed by atoms with Crippen molar-refractivity contribution in [3.05, 3.63) is 35.1 Å². The van der Waals surface area contributed by atoms with Crippen LogP contribution in [-0.2, 0) is 10.0 Å².